The minimum absolute atomic E-state index is 0.540. The summed E-state index contributed by atoms with van der Waals surface area (Å²) in [4.78, 5) is 23.3. The monoisotopic (exact) mass is 520 g/mol. The molecular formula is C30H36N2O6. The molecule has 0 radical (unpaired) electrons. The number of rotatable bonds is 9. The van der Waals surface area contributed by atoms with E-state index in [-0.39, 0.29) is 0 Å². The number of ether oxygens (including phenoxy) is 2. The maximum Gasteiger partial charge on any atom is 0.414 e. The molecule has 38 heavy (non-hydrogen) atoms. The zero-order valence-electron chi connectivity index (χ0n) is 22.0. The highest BCUT2D eigenvalue weighted by molar-refractivity contribution is 6.27. The van der Waals surface area contributed by atoms with Crippen LogP contribution >= 0.6 is 0 Å². The van der Waals surface area contributed by atoms with Crippen molar-refractivity contribution in [2.24, 2.45) is 0 Å². The van der Waals surface area contributed by atoms with Gasteiger partial charge in [-0.15, -0.1) is 0 Å². The van der Waals surface area contributed by atoms with Crippen molar-refractivity contribution in [3.05, 3.63) is 95.1 Å². The largest absolute Gasteiger partial charge is 0.493 e. The van der Waals surface area contributed by atoms with Crippen molar-refractivity contribution in [2.75, 3.05) is 33.3 Å². The molecule has 0 saturated carbocycles. The zero-order valence-corrected chi connectivity index (χ0v) is 22.0. The molecule has 1 saturated heterocycles. The summed E-state index contributed by atoms with van der Waals surface area (Å²) >= 11 is 0. The van der Waals surface area contributed by atoms with Crippen LogP contribution in [0.2, 0.25) is 0 Å². The Hall–Kier alpha value is -3.88. The minimum Gasteiger partial charge on any atom is -0.493 e. The average molecular weight is 521 g/mol. The van der Waals surface area contributed by atoms with Crippen LogP contribution in [0.3, 0.4) is 0 Å². The Morgan fingerprint density at radius 2 is 1.24 bits per heavy atom. The van der Waals surface area contributed by atoms with E-state index in [1.807, 2.05) is 24.3 Å². The molecule has 8 heteroatoms. The van der Waals surface area contributed by atoms with Gasteiger partial charge in [-0.05, 0) is 40.8 Å². The van der Waals surface area contributed by atoms with Crippen LogP contribution in [-0.4, -0.2) is 65.2 Å². The highest BCUT2D eigenvalue weighted by Crippen LogP contribution is 2.29. The lowest BCUT2D eigenvalue weighted by Crippen LogP contribution is -2.45. The van der Waals surface area contributed by atoms with Gasteiger partial charge in [-0.25, -0.2) is 9.59 Å². The molecule has 1 aliphatic heterocycles. The fraction of sp³-hybridized carbons (Fsp3) is 0.333. The summed E-state index contributed by atoms with van der Waals surface area (Å²) < 4.78 is 11.6. The summed E-state index contributed by atoms with van der Waals surface area (Å²) in [5.41, 5.74) is 5.23. The van der Waals surface area contributed by atoms with Crippen LogP contribution in [0.15, 0.2) is 72.8 Å². The van der Waals surface area contributed by atoms with Crippen molar-refractivity contribution in [1.29, 1.82) is 0 Å². The Labute approximate surface area is 224 Å². The first-order valence-electron chi connectivity index (χ1n) is 12.7. The van der Waals surface area contributed by atoms with Gasteiger partial charge in [0.2, 0.25) is 0 Å². The second kappa shape index (κ2) is 14.8. The molecule has 2 N–H and O–H groups in total. The third-order valence-electron chi connectivity index (χ3n) is 6.36. The number of aryl methyl sites for hydroxylation is 1. The molecule has 1 aliphatic rings. The van der Waals surface area contributed by atoms with Crippen molar-refractivity contribution in [2.45, 2.75) is 33.0 Å². The second-order valence-electron chi connectivity index (χ2n) is 9.09. The predicted octanol–water partition coefficient (Wildman–Crippen LogP) is 4.31. The lowest BCUT2D eigenvalue weighted by Gasteiger charge is -2.34. The van der Waals surface area contributed by atoms with Crippen LogP contribution in [0.5, 0.6) is 11.5 Å². The van der Waals surface area contributed by atoms with Crippen LogP contribution < -0.4 is 9.47 Å². The van der Waals surface area contributed by atoms with E-state index in [9.17, 15) is 0 Å². The Bertz CT molecular complexity index is 1150. The van der Waals surface area contributed by atoms with Crippen LogP contribution in [0.1, 0.15) is 29.2 Å². The number of benzene rings is 3. The third kappa shape index (κ3) is 9.21. The topological polar surface area (TPSA) is 99.5 Å². The molecule has 4 rings (SSSR count). The van der Waals surface area contributed by atoms with E-state index >= 15 is 0 Å². The Kier molecular flexibility index (Phi) is 11.1. The number of carbonyl (C=O) groups is 2. The van der Waals surface area contributed by atoms with Crippen molar-refractivity contribution >= 4 is 11.9 Å². The second-order valence-corrected chi connectivity index (χ2v) is 9.09. The summed E-state index contributed by atoms with van der Waals surface area (Å²) in [7, 11) is 1.69. The normalized spacial score (nSPS) is 13.7. The molecular weight excluding hydrogens is 484 g/mol. The standard InChI is InChI=1S/C28H34N2O2.C2H2O4/c1-3-23-9-11-24(12-10-23)20-29-15-17-30(18-16-29)21-26-13-14-27(31-2)28(19-26)32-22-25-7-5-4-6-8-25;3-1(4)2(5)6/h4-14,19H,3,15-18,20-22H2,1-2H3;(H,3,4)(H,5,6). The maximum absolute atomic E-state index is 9.10. The van der Waals surface area contributed by atoms with Gasteiger partial charge < -0.3 is 19.7 Å². The van der Waals surface area contributed by atoms with Gasteiger partial charge in [0.05, 0.1) is 7.11 Å². The van der Waals surface area contributed by atoms with Crippen molar-refractivity contribution < 1.29 is 29.3 Å². The average Bonchev–Trinajstić information content (AvgIpc) is 2.94. The van der Waals surface area contributed by atoms with Crippen molar-refractivity contribution in [3.8, 4) is 11.5 Å². The van der Waals surface area contributed by atoms with Gasteiger partial charge in [0.15, 0.2) is 11.5 Å². The molecule has 202 valence electrons. The first-order chi connectivity index (χ1) is 18.4. The fourth-order valence-corrected chi connectivity index (χ4v) is 4.17. The summed E-state index contributed by atoms with van der Waals surface area (Å²) in [6.07, 6.45) is 1.10. The van der Waals surface area contributed by atoms with Gasteiger partial charge in [0, 0.05) is 39.3 Å². The van der Waals surface area contributed by atoms with Gasteiger partial charge in [-0.1, -0.05) is 67.6 Å². The van der Waals surface area contributed by atoms with Crippen LogP contribution in [-0.2, 0) is 35.7 Å². The first kappa shape index (κ1) is 28.7. The van der Waals surface area contributed by atoms with Crippen LogP contribution in [0, 0.1) is 0 Å². The third-order valence-corrected chi connectivity index (χ3v) is 6.36. The molecule has 3 aromatic carbocycles. The highest BCUT2D eigenvalue weighted by atomic mass is 16.5. The Balaban J connectivity index is 0.000000599. The van der Waals surface area contributed by atoms with Crippen molar-refractivity contribution in [3.63, 3.8) is 0 Å². The lowest BCUT2D eigenvalue weighted by molar-refractivity contribution is -0.159. The molecule has 8 nitrogen and oxygen atoms in total. The first-order valence-corrected chi connectivity index (χ1v) is 12.7. The van der Waals surface area contributed by atoms with Gasteiger partial charge in [-0.2, -0.15) is 0 Å². The summed E-state index contributed by atoms with van der Waals surface area (Å²) in [5.74, 6) is -2.06. The summed E-state index contributed by atoms with van der Waals surface area (Å²) in [6, 6.07) is 25.6. The van der Waals surface area contributed by atoms with E-state index in [4.69, 9.17) is 29.3 Å². The van der Waals surface area contributed by atoms with E-state index in [0.717, 1.165) is 62.8 Å². The Morgan fingerprint density at radius 3 is 1.76 bits per heavy atom. The van der Waals surface area contributed by atoms with Gasteiger partial charge in [-0.3, -0.25) is 9.80 Å². The van der Waals surface area contributed by atoms with E-state index < -0.39 is 11.9 Å². The minimum atomic E-state index is -1.82. The molecule has 0 bridgehead atoms. The number of carboxylic acid groups (broad SMARTS) is 2. The van der Waals surface area contributed by atoms with Crippen LogP contribution in [0.4, 0.5) is 0 Å². The van der Waals surface area contributed by atoms with E-state index in [0.29, 0.717) is 6.61 Å². The van der Waals surface area contributed by atoms with E-state index in [2.05, 4.69) is 65.3 Å². The van der Waals surface area contributed by atoms with E-state index in [1.54, 1.807) is 7.11 Å². The van der Waals surface area contributed by atoms with Crippen LogP contribution in [0.25, 0.3) is 0 Å². The molecule has 0 atom stereocenters. The molecule has 0 aliphatic carbocycles. The van der Waals surface area contributed by atoms with Crippen molar-refractivity contribution in [1.82, 2.24) is 9.80 Å². The molecule has 1 fully saturated rings. The molecule has 0 amide bonds. The maximum atomic E-state index is 9.10. The fourth-order valence-electron chi connectivity index (χ4n) is 4.17. The molecule has 3 aromatic rings. The summed E-state index contributed by atoms with van der Waals surface area (Å²) in [6.45, 7) is 9.08. The van der Waals surface area contributed by atoms with Gasteiger partial charge in [0.25, 0.3) is 0 Å². The summed E-state index contributed by atoms with van der Waals surface area (Å²) in [5, 5.41) is 14.8. The SMILES string of the molecule is CCc1ccc(CN2CCN(Cc3ccc(OC)c(OCc4ccccc4)c3)CC2)cc1.O=C(O)C(=O)O. The smallest absolute Gasteiger partial charge is 0.414 e. The number of nitrogens with zero attached hydrogens (tertiary/aromatic N) is 2. The predicted molar refractivity (Wildman–Crippen MR) is 145 cm³/mol. The molecule has 0 unspecified atom stereocenters. The lowest BCUT2D eigenvalue weighted by atomic mass is 10.1. The Morgan fingerprint density at radius 1 is 0.711 bits per heavy atom. The number of hydrogen-bond donors (Lipinski definition) is 2. The van der Waals surface area contributed by atoms with Gasteiger partial charge >= 0.3 is 11.9 Å². The molecule has 1 heterocycles. The number of carboxylic acids is 2. The highest BCUT2D eigenvalue weighted by Gasteiger charge is 2.18. The number of piperazine rings is 1. The molecule has 0 aromatic heterocycles. The quantitative estimate of drug-likeness (QED) is 0.403. The molecule has 0 spiro atoms. The van der Waals surface area contributed by atoms with E-state index in [1.165, 1.54) is 16.7 Å². The number of aliphatic carboxylic acids is 2. The van der Waals surface area contributed by atoms with Gasteiger partial charge in [0.1, 0.15) is 6.61 Å². The number of methoxy groups -OCH3 is 1. The zero-order chi connectivity index (χ0) is 27.3. The number of hydrogen-bond acceptors (Lipinski definition) is 6.